The lowest BCUT2D eigenvalue weighted by Crippen LogP contribution is -2.38. The van der Waals surface area contributed by atoms with Crippen molar-refractivity contribution in [2.24, 2.45) is 0 Å². The fraction of sp³-hybridized carbons (Fsp3) is 0.833. The molecule has 9 heavy (non-hydrogen) atoms. The van der Waals surface area contributed by atoms with Gasteiger partial charge >= 0.3 is 0 Å². The molecule has 0 unspecified atom stereocenters. The van der Waals surface area contributed by atoms with Crippen molar-refractivity contribution in [3.63, 3.8) is 0 Å². The summed E-state index contributed by atoms with van der Waals surface area (Å²) in [6.07, 6.45) is 2.40. The SMILES string of the molecule is S=CNC1CCNCC1. The van der Waals surface area contributed by atoms with Gasteiger partial charge in [-0.05, 0) is 25.9 Å². The topological polar surface area (TPSA) is 24.1 Å². The highest BCUT2D eigenvalue weighted by atomic mass is 32.1. The Morgan fingerprint density at radius 1 is 1.44 bits per heavy atom. The molecule has 2 nitrogen and oxygen atoms in total. The van der Waals surface area contributed by atoms with Crippen LogP contribution >= 0.6 is 12.2 Å². The van der Waals surface area contributed by atoms with E-state index in [2.05, 4.69) is 22.9 Å². The molecule has 1 saturated heterocycles. The van der Waals surface area contributed by atoms with E-state index in [0.29, 0.717) is 6.04 Å². The van der Waals surface area contributed by atoms with Crippen molar-refractivity contribution < 1.29 is 0 Å². The fourth-order valence-corrected chi connectivity index (χ4v) is 1.28. The van der Waals surface area contributed by atoms with Gasteiger partial charge in [0.25, 0.3) is 0 Å². The van der Waals surface area contributed by atoms with Crippen LogP contribution in [0.3, 0.4) is 0 Å². The number of thiocarbonyl (C=S) groups is 1. The Kier molecular flexibility index (Phi) is 2.94. The molecular weight excluding hydrogens is 132 g/mol. The van der Waals surface area contributed by atoms with Gasteiger partial charge in [-0.3, -0.25) is 0 Å². The molecule has 0 aromatic heterocycles. The van der Waals surface area contributed by atoms with Crippen LogP contribution in [0.15, 0.2) is 0 Å². The predicted molar refractivity (Wildman–Crippen MR) is 42.7 cm³/mol. The lowest BCUT2D eigenvalue weighted by Gasteiger charge is -2.21. The second kappa shape index (κ2) is 3.80. The van der Waals surface area contributed by atoms with Gasteiger partial charge < -0.3 is 10.6 Å². The zero-order chi connectivity index (χ0) is 6.53. The van der Waals surface area contributed by atoms with Crippen LogP contribution < -0.4 is 10.6 Å². The molecule has 0 aromatic carbocycles. The maximum absolute atomic E-state index is 4.68. The third-order valence-corrected chi connectivity index (χ3v) is 1.78. The predicted octanol–water partition coefficient (Wildman–Crippen LogP) is 0.285. The minimum absolute atomic E-state index is 0.628. The lowest BCUT2D eigenvalue weighted by atomic mass is 10.1. The zero-order valence-electron chi connectivity index (χ0n) is 5.39. The van der Waals surface area contributed by atoms with E-state index in [1.54, 1.807) is 5.49 Å². The number of piperidine rings is 1. The van der Waals surface area contributed by atoms with Crippen LogP contribution in [0.1, 0.15) is 12.8 Å². The minimum Gasteiger partial charge on any atom is -0.379 e. The Bertz CT molecular complexity index is 89.1. The van der Waals surface area contributed by atoms with Gasteiger partial charge in [-0.2, -0.15) is 0 Å². The Balaban J connectivity index is 2.15. The lowest BCUT2D eigenvalue weighted by molar-refractivity contribution is 0.433. The summed E-state index contributed by atoms with van der Waals surface area (Å²) in [5.74, 6) is 0. The maximum atomic E-state index is 4.68. The molecule has 1 fully saturated rings. The molecular formula is C6H12N2S. The highest BCUT2D eigenvalue weighted by molar-refractivity contribution is 7.78. The summed E-state index contributed by atoms with van der Waals surface area (Å²) < 4.78 is 0. The van der Waals surface area contributed by atoms with E-state index < -0.39 is 0 Å². The highest BCUT2D eigenvalue weighted by Gasteiger charge is 2.09. The first-order chi connectivity index (χ1) is 4.43. The van der Waals surface area contributed by atoms with Gasteiger partial charge in [-0.15, -0.1) is 0 Å². The molecule has 0 saturated carbocycles. The van der Waals surface area contributed by atoms with Crippen molar-refractivity contribution in [1.29, 1.82) is 0 Å². The van der Waals surface area contributed by atoms with Crippen molar-refractivity contribution in [1.82, 2.24) is 10.6 Å². The van der Waals surface area contributed by atoms with Gasteiger partial charge in [-0.25, -0.2) is 0 Å². The second-order valence-electron chi connectivity index (χ2n) is 2.31. The molecule has 1 rings (SSSR count). The van der Waals surface area contributed by atoms with Gasteiger partial charge in [0.2, 0.25) is 0 Å². The van der Waals surface area contributed by atoms with Gasteiger partial charge in [-0.1, -0.05) is 12.2 Å². The van der Waals surface area contributed by atoms with Crippen LogP contribution in [0.25, 0.3) is 0 Å². The molecule has 0 spiro atoms. The third-order valence-electron chi connectivity index (χ3n) is 1.64. The van der Waals surface area contributed by atoms with Crippen LogP contribution in [-0.2, 0) is 0 Å². The van der Waals surface area contributed by atoms with Crippen molar-refractivity contribution in [2.75, 3.05) is 13.1 Å². The summed E-state index contributed by atoms with van der Waals surface area (Å²) in [6, 6.07) is 0.628. The molecule has 0 amide bonds. The Hall–Kier alpha value is -0.150. The number of hydrogen-bond acceptors (Lipinski definition) is 2. The van der Waals surface area contributed by atoms with Crippen LogP contribution in [0.2, 0.25) is 0 Å². The summed E-state index contributed by atoms with van der Waals surface area (Å²) in [5.41, 5.74) is 1.62. The molecule has 52 valence electrons. The molecule has 0 atom stereocenters. The molecule has 1 aliphatic rings. The molecule has 3 heteroatoms. The van der Waals surface area contributed by atoms with E-state index in [1.807, 2.05) is 0 Å². The molecule has 1 heterocycles. The number of rotatable bonds is 2. The summed E-state index contributed by atoms with van der Waals surface area (Å²) >= 11 is 4.68. The smallest absolute Gasteiger partial charge is 0.0617 e. The average molecular weight is 144 g/mol. The quantitative estimate of drug-likeness (QED) is 0.545. The van der Waals surface area contributed by atoms with E-state index in [0.717, 1.165) is 13.1 Å². The first-order valence-electron chi connectivity index (χ1n) is 3.34. The summed E-state index contributed by atoms with van der Waals surface area (Å²) in [7, 11) is 0. The van der Waals surface area contributed by atoms with E-state index in [-0.39, 0.29) is 0 Å². The highest BCUT2D eigenvalue weighted by Crippen LogP contribution is 1.99. The monoisotopic (exact) mass is 144 g/mol. The van der Waals surface area contributed by atoms with Crippen LogP contribution in [0.4, 0.5) is 0 Å². The Labute approximate surface area is 61.0 Å². The molecule has 2 N–H and O–H groups in total. The van der Waals surface area contributed by atoms with Gasteiger partial charge in [0.15, 0.2) is 0 Å². The van der Waals surface area contributed by atoms with Crippen molar-refractivity contribution >= 4 is 17.7 Å². The molecule has 0 aromatic rings. The first kappa shape index (κ1) is 6.96. The second-order valence-corrected chi connectivity index (χ2v) is 2.54. The molecule has 0 bridgehead atoms. The van der Waals surface area contributed by atoms with Gasteiger partial charge in [0.1, 0.15) is 0 Å². The number of nitrogens with one attached hydrogen (secondary N) is 2. The van der Waals surface area contributed by atoms with Crippen molar-refractivity contribution in [3.05, 3.63) is 0 Å². The Morgan fingerprint density at radius 2 is 2.11 bits per heavy atom. The van der Waals surface area contributed by atoms with Gasteiger partial charge in [0, 0.05) is 6.04 Å². The normalized spacial score (nSPS) is 21.3. The third kappa shape index (κ3) is 2.28. The minimum atomic E-state index is 0.628. The van der Waals surface area contributed by atoms with Crippen LogP contribution in [-0.4, -0.2) is 24.6 Å². The van der Waals surface area contributed by atoms with Crippen molar-refractivity contribution in [2.45, 2.75) is 18.9 Å². The number of hydrogen-bond donors (Lipinski definition) is 2. The fourth-order valence-electron chi connectivity index (χ4n) is 1.08. The molecule has 0 radical (unpaired) electrons. The summed E-state index contributed by atoms with van der Waals surface area (Å²) in [5, 5.41) is 6.42. The standard InChI is InChI=1S/C6H12N2S/c9-5-8-6-1-3-7-4-2-6/h5-7H,1-4H2,(H,8,9). The molecule has 1 aliphatic heterocycles. The van der Waals surface area contributed by atoms with Crippen LogP contribution in [0, 0.1) is 0 Å². The van der Waals surface area contributed by atoms with E-state index in [4.69, 9.17) is 0 Å². The first-order valence-corrected chi connectivity index (χ1v) is 3.81. The zero-order valence-corrected chi connectivity index (χ0v) is 6.21. The Morgan fingerprint density at radius 3 is 2.67 bits per heavy atom. The van der Waals surface area contributed by atoms with Gasteiger partial charge in [0.05, 0.1) is 5.49 Å². The van der Waals surface area contributed by atoms with E-state index in [1.165, 1.54) is 12.8 Å². The summed E-state index contributed by atoms with van der Waals surface area (Å²) in [6.45, 7) is 2.25. The van der Waals surface area contributed by atoms with Crippen molar-refractivity contribution in [3.8, 4) is 0 Å². The maximum Gasteiger partial charge on any atom is 0.0617 e. The molecule has 0 aliphatic carbocycles. The van der Waals surface area contributed by atoms with E-state index in [9.17, 15) is 0 Å². The largest absolute Gasteiger partial charge is 0.379 e. The average Bonchev–Trinajstić information content (AvgIpc) is 1.91. The summed E-state index contributed by atoms with van der Waals surface area (Å²) in [4.78, 5) is 0. The van der Waals surface area contributed by atoms with E-state index >= 15 is 0 Å². The van der Waals surface area contributed by atoms with Crippen LogP contribution in [0.5, 0.6) is 0 Å².